The van der Waals surface area contributed by atoms with E-state index in [-0.39, 0.29) is 6.61 Å². The number of benzene rings is 1. The molecule has 1 N–H and O–H groups in total. The number of aliphatic hydroxyl groups excluding tert-OH is 1. The van der Waals surface area contributed by atoms with Crippen LogP contribution in [-0.2, 0) is 13.0 Å². The van der Waals surface area contributed by atoms with Gasteiger partial charge < -0.3 is 9.52 Å². The molecule has 2 heteroatoms. The molecule has 15 heavy (non-hydrogen) atoms. The van der Waals surface area contributed by atoms with Gasteiger partial charge in [0.05, 0.1) is 6.61 Å². The molecule has 0 bridgehead atoms. The third-order valence-electron chi connectivity index (χ3n) is 2.46. The van der Waals surface area contributed by atoms with Crippen LogP contribution in [0.15, 0.2) is 40.8 Å². The molecule has 0 aliphatic heterocycles. The summed E-state index contributed by atoms with van der Waals surface area (Å²) in [5.41, 5.74) is 1.87. The standard InChI is InChI=1S/C13H14O2/c1-2-11-7-8-13(15-11)12-6-4-3-5-10(12)9-14/h3-8,14H,2,9H2,1H3. The molecule has 0 radical (unpaired) electrons. The van der Waals surface area contributed by atoms with E-state index in [0.717, 1.165) is 29.1 Å². The Hall–Kier alpha value is -1.54. The lowest BCUT2D eigenvalue weighted by atomic mass is 10.1. The van der Waals surface area contributed by atoms with E-state index >= 15 is 0 Å². The van der Waals surface area contributed by atoms with Gasteiger partial charge in [-0.15, -0.1) is 0 Å². The summed E-state index contributed by atoms with van der Waals surface area (Å²) in [5, 5.41) is 9.20. The smallest absolute Gasteiger partial charge is 0.134 e. The fourth-order valence-electron chi connectivity index (χ4n) is 1.61. The van der Waals surface area contributed by atoms with Gasteiger partial charge in [-0.3, -0.25) is 0 Å². The Kier molecular flexibility index (Phi) is 2.88. The summed E-state index contributed by atoms with van der Waals surface area (Å²) in [6.07, 6.45) is 0.890. The molecule has 0 unspecified atom stereocenters. The van der Waals surface area contributed by atoms with Gasteiger partial charge in [0, 0.05) is 12.0 Å². The fraction of sp³-hybridized carbons (Fsp3) is 0.231. The lowest BCUT2D eigenvalue weighted by Gasteiger charge is -2.03. The average Bonchev–Trinajstić information content (AvgIpc) is 2.77. The van der Waals surface area contributed by atoms with Crippen molar-refractivity contribution in [2.45, 2.75) is 20.0 Å². The Bertz CT molecular complexity index is 443. The van der Waals surface area contributed by atoms with Gasteiger partial charge in [-0.25, -0.2) is 0 Å². The summed E-state index contributed by atoms with van der Waals surface area (Å²) >= 11 is 0. The second-order valence-electron chi connectivity index (χ2n) is 3.43. The summed E-state index contributed by atoms with van der Waals surface area (Å²) in [6.45, 7) is 2.10. The maximum atomic E-state index is 9.20. The zero-order valence-electron chi connectivity index (χ0n) is 8.73. The lowest BCUT2D eigenvalue weighted by Crippen LogP contribution is -1.86. The van der Waals surface area contributed by atoms with Crippen molar-refractivity contribution in [3.63, 3.8) is 0 Å². The molecule has 0 saturated carbocycles. The first-order valence-electron chi connectivity index (χ1n) is 5.13. The van der Waals surface area contributed by atoms with E-state index in [9.17, 15) is 5.11 Å². The maximum Gasteiger partial charge on any atom is 0.134 e. The molecule has 0 amide bonds. The quantitative estimate of drug-likeness (QED) is 0.830. The van der Waals surface area contributed by atoms with E-state index in [1.54, 1.807) is 0 Å². The molecule has 0 saturated heterocycles. The number of hydrogen-bond donors (Lipinski definition) is 1. The molecule has 0 aliphatic rings. The van der Waals surface area contributed by atoms with Gasteiger partial charge in [0.25, 0.3) is 0 Å². The third-order valence-corrected chi connectivity index (χ3v) is 2.46. The molecular formula is C13H14O2. The predicted octanol–water partition coefficient (Wildman–Crippen LogP) is 3.00. The van der Waals surface area contributed by atoms with Gasteiger partial charge in [-0.2, -0.15) is 0 Å². The molecule has 0 atom stereocenters. The molecule has 2 nitrogen and oxygen atoms in total. The van der Waals surface area contributed by atoms with Gasteiger partial charge in [-0.05, 0) is 17.7 Å². The van der Waals surface area contributed by atoms with Gasteiger partial charge in [-0.1, -0.05) is 31.2 Å². The number of aliphatic hydroxyl groups is 1. The van der Waals surface area contributed by atoms with Crippen molar-refractivity contribution in [2.75, 3.05) is 0 Å². The maximum absolute atomic E-state index is 9.20. The van der Waals surface area contributed by atoms with Crippen molar-refractivity contribution in [1.29, 1.82) is 0 Å². The van der Waals surface area contributed by atoms with E-state index < -0.39 is 0 Å². The molecule has 0 fully saturated rings. The minimum absolute atomic E-state index is 0.0400. The zero-order chi connectivity index (χ0) is 10.7. The first-order valence-corrected chi connectivity index (χ1v) is 5.13. The lowest BCUT2D eigenvalue weighted by molar-refractivity contribution is 0.282. The van der Waals surface area contributed by atoms with Gasteiger partial charge >= 0.3 is 0 Å². The normalized spacial score (nSPS) is 10.5. The van der Waals surface area contributed by atoms with Crippen LogP contribution in [0.4, 0.5) is 0 Å². The highest BCUT2D eigenvalue weighted by Gasteiger charge is 2.07. The van der Waals surface area contributed by atoms with Gasteiger partial charge in [0.15, 0.2) is 0 Å². The fourth-order valence-corrected chi connectivity index (χ4v) is 1.61. The monoisotopic (exact) mass is 202 g/mol. The van der Waals surface area contributed by atoms with Crippen LogP contribution >= 0.6 is 0 Å². The van der Waals surface area contributed by atoms with Gasteiger partial charge in [0.2, 0.25) is 0 Å². The Labute approximate surface area is 89.2 Å². The minimum Gasteiger partial charge on any atom is -0.461 e. The summed E-state index contributed by atoms with van der Waals surface area (Å²) in [6, 6.07) is 11.7. The van der Waals surface area contributed by atoms with Crippen molar-refractivity contribution < 1.29 is 9.52 Å². The summed E-state index contributed by atoms with van der Waals surface area (Å²) < 4.78 is 5.65. The van der Waals surface area contributed by atoms with Crippen LogP contribution in [0.25, 0.3) is 11.3 Å². The Morgan fingerprint density at radius 1 is 1.13 bits per heavy atom. The molecule has 1 aromatic heterocycles. The molecular weight excluding hydrogens is 188 g/mol. The largest absolute Gasteiger partial charge is 0.461 e. The van der Waals surface area contributed by atoms with Crippen LogP contribution < -0.4 is 0 Å². The van der Waals surface area contributed by atoms with Crippen molar-refractivity contribution in [1.82, 2.24) is 0 Å². The highest BCUT2D eigenvalue weighted by atomic mass is 16.3. The topological polar surface area (TPSA) is 33.4 Å². The van der Waals surface area contributed by atoms with Crippen molar-refractivity contribution >= 4 is 0 Å². The number of aryl methyl sites for hydroxylation is 1. The molecule has 0 aliphatic carbocycles. The van der Waals surface area contributed by atoms with Crippen LogP contribution in [0, 0.1) is 0 Å². The van der Waals surface area contributed by atoms with Crippen LogP contribution in [0.2, 0.25) is 0 Å². The van der Waals surface area contributed by atoms with Crippen LogP contribution in [0.1, 0.15) is 18.2 Å². The molecule has 1 aromatic carbocycles. The minimum atomic E-state index is 0.0400. The van der Waals surface area contributed by atoms with E-state index in [0.29, 0.717) is 0 Å². The number of hydrogen-bond acceptors (Lipinski definition) is 2. The van der Waals surface area contributed by atoms with E-state index in [1.165, 1.54) is 0 Å². The van der Waals surface area contributed by atoms with Crippen LogP contribution in [0.3, 0.4) is 0 Å². The Balaban J connectivity index is 2.44. The van der Waals surface area contributed by atoms with E-state index in [2.05, 4.69) is 6.92 Å². The average molecular weight is 202 g/mol. The first-order chi connectivity index (χ1) is 7.35. The third kappa shape index (κ3) is 1.95. The van der Waals surface area contributed by atoms with Gasteiger partial charge in [0.1, 0.15) is 11.5 Å². The van der Waals surface area contributed by atoms with Crippen LogP contribution in [-0.4, -0.2) is 5.11 Å². The summed E-state index contributed by atoms with van der Waals surface area (Å²) in [4.78, 5) is 0. The highest BCUT2D eigenvalue weighted by Crippen LogP contribution is 2.25. The van der Waals surface area contributed by atoms with Crippen molar-refractivity contribution in [2.24, 2.45) is 0 Å². The molecule has 0 spiro atoms. The SMILES string of the molecule is CCc1ccc(-c2ccccc2CO)o1. The molecule has 2 aromatic rings. The summed E-state index contributed by atoms with van der Waals surface area (Å²) in [5.74, 6) is 1.80. The second kappa shape index (κ2) is 4.32. The Morgan fingerprint density at radius 3 is 2.60 bits per heavy atom. The van der Waals surface area contributed by atoms with E-state index in [4.69, 9.17) is 4.42 Å². The molecule has 2 rings (SSSR count). The second-order valence-corrected chi connectivity index (χ2v) is 3.43. The molecule has 78 valence electrons. The van der Waals surface area contributed by atoms with E-state index in [1.807, 2.05) is 36.4 Å². The van der Waals surface area contributed by atoms with Crippen LogP contribution in [0.5, 0.6) is 0 Å². The summed E-state index contributed by atoms with van der Waals surface area (Å²) in [7, 11) is 0. The van der Waals surface area contributed by atoms with Crippen molar-refractivity contribution in [3.8, 4) is 11.3 Å². The predicted molar refractivity (Wildman–Crippen MR) is 59.4 cm³/mol. The first kappa shape index (κ1) is 9.99. The number of furan rings is 1. The Morgan fingerprint density at radius 2 is 1.93 bits per heavy atom. The zero-order valence-corrected chi connectivity index (χ0v) is 8.73. The highest BCUT2D eigenvalue weighted by molar-refractivity contribution is 5.62. The number of rotatable bonds is 3. The molecule has 1 heterocycles. The van der Waals surface area contributed by atoms with Crippen molar-refractivity contribution in [3.05, 3.63) is 47.7 Å².